The minimum absolute atomic E-state index is 0.0259. The van der Waals surface area contributed by atoms with E-state index in [1.807, 2.05) is 0 Å². The van der Waals surface area contributed by atoms with Crippen LogP contribution in [-0.2, 0) is 11.3 Å². The van der Waals surface area contributed by atoms with Gasteiger partial charge in [0, 0.05) is 19.0 Å². The molecule has 2 N–H and O–H groups in total. The van der Waals surface area contributed by atoms with Crippen LogP contribution in [0.1, 0.15) is 36.8 Å². The van der Waals surface area contributed by atoms with E-state index in [4.69, 9.17) is 0 Å². The molecule has 0 aliphatic heterocycles. The Kier molecular flexibility index (Phi) is 6.05. The van der Waals surface area contributed by atoms with Crippen molar-refractivity contribution in [2.24, 2.45) is 11.8 Å². The smallest absolute Gasteiger partial charge is 0.223 e. The number of nitrogens with one attached hydrogen (secondary N) is 2. The molecule has 0 atom stereocenters. The van der Waals surface area contributed by atoms with Crippen LogP contribution in [0, 0.1) is 18.8 Å². The molecule has 0 saturated heterocycles. The van der Waals surface area contributed by atoms with Crippen molar-refractivity contribution in [2.45, 2.75) is 39.2 Å². The first-order valence-corrected chi connectivity index (χ1v) is 8.12. The Morgan fingerprint density at radius 2 is 1.73 bits per heavy atom. The molecule has 0 unspecified atom stereocenters. The van der Waals surface area contributed by atoms with Gasteiger partial charge in [0.1, 0.15) is 0 Å². The fourth-order valence-electron chi connectivity index (χ4n) is 2.96. The normalized spacial score (nSPS) is 21.1. The third kappa shape index (κ3) is 5.21. The van der Waals surface area contributed by atoms with Crippen molar-refractivity contribution in [1.29, 1.82) is 0 Å². The van der Waals surface area contributed by atoms with Crippen molar-refractivity contribution >= 4 is 19.6 Å². The van der Waals surface area contributed by atoms with Crippen LogP contribution in [0.2, 0.25) is 0 Å². The molecule has 1 aliphatic rings. The molecule has 2 amide bonds. The first-order chi connectivity index (χ1) is 10.5. The molecule has 1 saturated carbocycles. The van der Waals surface area contributed by atoms with Crippen LogP contribution in [0.3, 0.4) is 0 Å². The summed E-state index contributed by atoms with van der Waals surface area (Å²) in [5.74, 6) is 0.834. The Morgan fingerprint density at radius 1 is 1.09 bits per heavy atom. The van der Waals surface area contributed by atoms with Crippen molar-refractivity contribution in [3.05, 3.63) is 35.4 Å². The highest BCUT2D eigenvalue weighted by molar-refractivity contribution is 6.57. The highest BCUT2D eigenvalue weighted by atomic mass is 16.2. The molecule has 4 nitrogen and oxygen atoms in total. The largest absolute Gasteiger partial charge is 0.365 e. The molecule has 5 heteroatoms. The predicted octanol–water partition coefficient (Wildman–Crippen LogP) is 1.76. The van der Waals surface area contributed by atoms with Gasteiger partial charge < -0.3 is 10.6 Å². The SMILES string of the molecule is BC(=O)NC[C@H]1CC[C@H](C(=O)NCc2ccc(C)cc2)CC1. The van der Waals surface area contributed by atoms with Crippen LogP contribution in [0.4, 0.5) is 4.79 Å². The molecule has 2 rings (SSSR count). The average Bonchev–Trinajstić information content (AvgIpc) is 2.52. The number of carbonyl (C=O) groups excluding carboxylic acids is 2. The van der Waals surface area contributed by atoms with Crippen LogP contribution in [0.5, 0.6) is 0 Å². The lowest BCUT2D eigenvalue weighted by atomic mass is 9.81. The summed E-state index contributed by atoms with van der Waals surface area (Å²) in [6.07, 6.45) is 3.87. The number of hydrogen-bond donors (Lipinski definition) is 2. The van der Waals surface area contributed by atoms with Gasteiger partial charge in [0.2, 0.25) is 13.8 Å². The lowest BCUT2D eigenvalue weighted by Crippen LogP contribution is -2.35. The number of aryl methyl sites for hydroxylation is 1. The average molecular weight is 300 g/mol. The Balaban J connectivity index is 1.70. The molecule has 1 fully saturated rings. The minimum atomic E-state index is 0.0259. The molecule has 0 radical (unpaired) electrons. The number of benzene rings is 1. The summed E-state index contributed by atoms with van der Waals surface area (Å²) in [6.45, 7) is 3.40. The molecule has 1 aromatic rings. The van der Waals surface area contributed by atoms with Crippen LogP contribution in [0.25, 0.3) is 0 Å². The summed E-state index contributed by atoms with van der Waals surface area (Å²) in [4.78, 5) is 23.2. The van der Waals surface area contributed by atoms with Gasteiger partial charge in [0.15, 0.2) is 5.81 Å². The van der Waals surface area contributed by atoms with E-state index in [1.54, 1.807) is 7.85 Å². The maximum atomic E-state index is 12.2. The molecule has 0 heterocycles. The van der Waals surface area contributed by atoms with Crippen LogP contribution < -0.4 is 10.6 Å². The fraction of sp³-hybridized carbons (Fsp3) is 0.529. The van der Waals surface area contributed by atoms with Crippen molar-refractivity contribution in [2.75, 3.05) is 6.54 Å². The van der Waals surface area contributed by atoms with Crippen molar-refractivity contribution in [1.82, 2.24) is 10.6 Å². The molecule has 0 aromatic heterocycles. The number of amides is 2. The van der Waals surface area contributed by atoms with E-state index in [0.717, 1.165) is 37.8 Å². The van der Waals surface area contributed by atoms with Crippen molar-refractivity contribution in [3.8, 4) is 0 Å². The number of hydrogen-bond acceptors (Lipinski definition) is 2. The Hall–Kier alpha value is -1.78. The van der Waals surface area contributed by atoms with E-state index < -0.39 is 0 Å². The van der Waals surface area contributed by atoms with Crippen molar-refractivity contribution in [3.63, 3.8) is 0 Å². The molecule has 0 spiro atoms. The lowest BCUT2D eigenvalue weighted by molar-refractivity contribution is -0.126. The first-order valence-electron chi connectivity index (χ1n) is 8.12. The van der Waals surface area contributed by atoms with E-state index in [-0.39, 0.29) is 17.6 Å². The lowest BCUT2D eigenvalue weighted by Gasteiger charge is -2.27. The van der Waals surface area contributed by atoms with Crippen molar-refractivity contribution < 1.29 is 9.59 Å². The zero-order chi connectivity index (χ0) is 15.9. The van der Waals surface area contributed by atoms with E-state index in [9.17, 15) is 9.59 Å². The first kappa shape index (κ1) is 16.6. The molecule has 118 valence electrons. The van der Waals surface area contributed by atoms with Gasteiger partial charge in [0.25, 0.3) is 0 Å². The summed E-state index contributed by atoms with van der Waals surface area (Å²) >= 11 is 0. The summed E-state index contributed by atoms with van der Waals surface area (Å²) < 4.78 is 0. The Morgan fingerprint density at radius 3 is 2.32 bits per heavy atom. The zero-order valence-electron chi connectivity index (χ0n) is 13.5. The Bertz CT molecular complexity index is 508. The monoisotopic (exact) mass is 300 g/mol. The Labute approximate surface area is 133 Å². The standard InChI is InChI=1S/C17H25BN2O2/c1-12-2-4-13(5-3-12)10-19-16(21)15-8-6-14(7-9-15)11-20-17(18)22/h2-5,14-15H,6-11,18H2,1H3,(H,19,21)(H,20,22)/t14-,15-. The topological polar surface area (TPSA) is 58.2 Å². The van der Waals surface area contributed by atoms with Crippen LogP contribution in [-0.4, -0.2) is 26.1 Å². The molecule has 0 bridgehead atoms. The number of carbonyl (C=O) groups is 2. The highest BCUT2D eigenvalue weighted by Gasteiger charge is 2.26. The molecule has 1 aliphatic carbocycles. The van der Waals surface area contributed by atoms with Gasteiger partial charge in [-0.05, 0) is 44.1 Å². The summed E-state index contributed by atoms with van der Waals surface area (Å²) in [5, 5.41) is 5.92. The molecular formula is C17H25BN2O2. The summed E-state index contributed by atoms with van der Waals surface area (Å²) in [5.41, 5.74) is 2.37. The minimum Gasteiger partial charge on any atom is -0.365 e. The molecular weight excluding hydrogens is 275 g/mol. The van der Waals surface area contributed by atoms with Gasteiger partial charge in [0.05, 0.1) is 0 Å². The van der Waals surface area contributed by atoms with Gasteiger partial charge in [-0.2, -0.15) is 0 Å². The van der Waals surface area contributed by atoms with E-state index >= 15 is 0 Å². The quantitative estimate of drug-likeness (QED) is 0.814. The molecule has 22 heavy (non-hydrogen) atoms. The maximum Gasteiger partial charge on any atom is 0.223 e. The van der Waals surface area contributed by atoms with E-state index in [1.165, 1.54) is 5.56 Å². The van der Waals surface area contributed by atoms with Gasteiger partial charge in [-0.1, -0.05) is 29.8 Å². The van der Waals surface area contributed by atoms with Gasteiger partial charge in [-0.3, -0.25) is 9.59 Å². The highest BCUT2D eigenvalue weighted by Crippen LogP contribution is 2.28. The third-order valence-corrected chi connectivity index (χ3v) is 4.44. The summed E-state index contributed by atoms with van der Waals surface area (Å²) in [6, 6.07) is 8.24. The van der Waals surface area contributed by atoms with Gasteiger partial charge >= 0.3 is 0 Å². The van der Waals surface area contributed by atoms with Crippen LogP contribution in [0.15, 0.2) is 24.3 Å². The van der Waals surface area contributed by atoms with E-state index in [2.05, 4.69) is 41.8 Å². The maximum absolute atomic E-state index is 12.2. The zero-order valence-corrected chi connectivity index (χ0v) is 13.5. The second-order valence-electron chi connectivity index (χ2n) is 6.36. The second kappa shape index (κ2) is 8.02. The second-order valence-corrected chi connectivity index (χ2v) is 6.36. The van der Waals surface area contributed by atoms with Crippen LogP contribution >= 0.6 is 0 Å². The summed E-state index contributed by atoms with van der Waals surface area (Å²) in [7, 11) is 1.55. The van der Waals surface area contributed by atoms with Gasteiger partial charge in [-0.15, -0.1) is 0 Å². The van der Waals surface area contributed by atoms with Gasteiger partial charge in [-0.25, -0.2) is 0 Å². The molecule has 1 aromatic carbocycles. The fourth-order valence-corrected chi connectivity index (χ4v) is 2.96. The predicted molar refractivity (Wildman–Crippen MR) is 90.4 cm³/mol. The third-order valence-electron chi connectivity index (χ3n) is 4.44. The van der Waals surface area contributed by atoms with E-state index in [0.29, 0.717) is 12.5 Å². The number of rotatable bonds is 5.